The molecule has 1 saturated carbocycles. The molecule has 2 aromatic heterocycles. The highest BCUT2D eigenvalue weighted by molar-refractivity contribution is 7.16. The second-order valence-corrected chi connectivity index (χ2v) is 11.0. The Bertz CT molecular complexity index is 1100. The zero-order valence-corrected chi connectivity index (χ0v) is 20.5. The molecule has 8 heteroatoms. The molecular weight excluding hydrogens is 475 g/mol. The number of urea groups is 1. The van der Waals surface area contributed by atoms with Gasteiger partial charge in [-0.15, -0.1) is 11.3 Å². The van der Waals surface area contributed by atoms with E-state index in [0.717, 1.165) is 30.4 Å². The molecule has 2 aliphatic rings. The summed E-state index contributed by atoms with van der Waals surface area (Å²) < 4.78 is 0.770. The zero-order chi connectivity index (χ0) is 22.8. The number of thiophene rings is 1. The smallest absolute Gasteiger partial charge is 0.319 e. The van der Waals surface area contributed by atoms with Crippen LogP contribution in [0.3, 0.4) is 0 Å². The van der Waals surface area contributed by atoms with Gasteiger partial charge < -0.3 is 10.6 Å². The van der Waals surface area contributed by atoms with Gasteiger partial charge >= 0.3 is 6.03 Å². The van der Waals surface area contributed by atoms with Crippen molar-refractivity contribution in [1.82, 2.24) is 15.2 Å². The van der Waals surface area contributed by atoms with Gasteiger partial charge in [-0.1, -0.05) is 29.3 Å². The fourth-order valence-corrected chi connectivity index (χ4v) is 5.77. The molecule has 172 valence electrons. The van der Waals surface area contributed by atoms with Crippen LogP contribution in [0.1, 0.15) is 47.2 Å². The fourth-order valence-electron chi connectivity index (χ4n) is 4.43. The zero-order valence-electron chi connectivity index (χ0n) is 18.1. The van der Waals surface area contributed by atoms with Gasteiger partial charge in [0.2, 0.25) is 0 Å². The van der Waals surface area contributed by atoms with Gasteiger partial charge in [0.05, 0.1) is 4.34 Å². The average Bonchev–Trinajstić information content (AvgIpc) is 3.57. The number of hydrogen-bond donors (Lipinski definition) is 2. The lowest BCUT2D eigenvalue weighted by molar-refractivity contribution is 0.170. The monoisotopic (exact) mass is 500 g/mol. The second-order valence-electron chi connectivity index (χ2n) is 8.85. The molecule has 3 heterocycles. The van der Waals surface area contributed by atoms with E-state index in [1.165, 1.54) is 29.0 Å². The van der Waals surface area contributed by atoms with Crippen molar-refractivity contribution in [2.24, 2.45) is 0 Å². The molecular formula is C25H26Cl2N4OS. The van der Waals surface area contributed by atoms with E-state index in [9.17, 15) is 4.79 Å². The van der Waals surface area contributed by atoms with E-state index in [2.05, 4.69) is 38.7 Å². The molecule has 0 radical (unpaired) electrons. The molecule has 1 aromatic carbocycles. The summed E-state index contributed by atoms with van der Waals surface area (Å²) in [5, 5.41) is 6.74. The van der Waals surface area contributed by atoms with Gasteiger partial charge in [0.25, 0.3) is 0 Å². The van der Waals surface area contributed by atoms with Crippen LogP contribution in [0.5, 0.6) is 0 Å². The molecule has 2 atom stereocenters. The maximum atomic E-state index is 12.7. The lowest BCUT2D eigenvalue weighted by Gasteiger charge is -2.38. The average molecular weight is 501 g/mol. The van der Waals surface area contributed by atoms with Crippen LogP contribution in [0, 0.1) is 0 Å². The first-order chi connectivity index (χ1) is 16.0. The quantitative estimate of drug-likeness (QED) is 0.405. The van der Waals surface area contributed by atoms with Gasteiger partial charge in [0.1, 0.15) is 0 Å². The number of pyridine rings is 1. The van der Waals surface area contributed by atoms with Gasteiger partial charge in [-0.2, -0.15) is 0 Å². The predicted molar refractivity (Wildman–Crippen MR) is 136 cm³/mol. The van der Waals surface area contributed by atoms with Crippen molar-refractivity contribution < 1.29 is 4.79 Å². The Morgan fingerprint density at radius 2 is 1.88 bits per heavy atom. The second kappa shape index (κ2) is 10.0. The van der Waals surface area contributed by atoms with Crippen molar-refractivity contribution in [3.63, 3.8) is 0 Å². The van der Waals surface area contributed by atoms with Crippen LogP contribution in [0.25, 0.3) is 0 Å². The van der Waals surface area contributed by atoms with Crippen LogP contribution in [0.2, 0.25) is 9.36 Å². The van der Waals surface area contributed by atoms with Crippen molar-refractivity contribution in [3.05, 3.63) is 80.2 Å². The lowest BCUT2D eigenvalue weighted by atomic mass is 9.90. The number of amides is 2. The van der Waals surface area contributed by atoms with Crippen LogP contribution >= 0.6 is 34.5 Å². The Balaban J connectivity index is 1.25. The van der Waals surface area contributed by atoms with Crippen LogP contribution in [-0.4, -0.2) is 35.0 Å². The molecule has 0 spiro atoms. The molecule has 2 N–H and O–H groups in total. The third kappa shape index (κ3) is 5.87. The molecule has 5 nitrogen and oxygen atoms in total. The minimum Gasteiger partial charge on any atom is -0.334 e. The number of carbonyl (C=O) groups is 1. The van der Waals surface area contributed by atoms with Crippen LogP contribution in [0.15, 0.2) is 54.7 Å². The summed E-state index contributed by atoms with van der Waals surface area (Å²) in [5.74, 6) is 0.846. The van der Waals surface area contributed by atoms with E-state index in [0.29, 0.717) is 16.6 Å². The number of halogens is 2. The number of hydrogen-bond acceptors (Lipinski definition) is 4. The van der Waals surface area contributed by atoms with E-state index in [1.807, 2.05) is 12.3 Å². The molecule has 2 fully saturated rings. The van der Waals surface area contributed by atoms with E-state index in [-0.39, 0.29) is 18.0 Å². The Morgan fingerprint density at radius 3 is 2.55 bits per heavy atom. The number of rotatable bonds is 6. The molecule has 2 unspecified atom stereocenters. The number of nitrogens with one attached hydrogen (secondary N) is 2. The van der Waals surface area contributed by atoms with E-state index >= 15 is 0 Å². The highest BCUT2D eigenvalue weighted by Crippen LogP contribution is 2.39. The highest BCUT2D eigenvalue weighted by Gasteiger charge is 2.33. The summed E-state index contributed by atoms with van der Waals surface area (Å²) in [6, 6.07) is 15.3. The van der Waals surface area contributed by atoms with Crippen LogP contribution in [0.4, 0.5) is 10.5 Å². The number of likely N-dealkylation sites (tertiary alicyclic amines) is 1. The van der Waals surface area contributed by atoms with E-state index in [4.69, 9.17) is 23.2 Å². The Kier molecular flexibility index (Phi) is 6.88. The van der Waals surface area contributed by atoms with Gasteiger partial charge in [0, 0.05) is 65.0 Å². The molecule has 5 rings (SSSR count). The normalized spacial score (nSPS) is 21.0. The first-order valence-electron chi connectivity index (χ1n) is 11.3. The largest absolute Gasteiger partial charge is 0.334 e. The summed E-state index contributed by atoms with van der Waals surface area (Å²) in [7, 11) is 0. The molecule has 2 amide bonds. The first-order valence-corrected chi connectivity index (χ1v) is 12.9. The van der Waals surface area contributed by atoms with Gasteiger partial charge in [-0.25, -0.2) is 4.79 Å². The number of nitrogens with zero attached hydrogens (tertiary/aromatic N) is 2. The number of anilines is 1. The summed E-state index contributed by atoms with van der Waals surface area (Å²) in [4.78, 5) is 21.0. The lowest BCUT2D eigenvalue weighted by Crippen LogP contribution is -2.50. The SMILES string of the molecule is O=C(Nc1ccc(Cl)cc1)NC1CCN(Cc2ccc(C3CC3)nc2)CC1c1ccc(Cl)s1. The van der Waals surface area contributed by atoms with Gasteiger partial charge in [-0.05, 0) is 67.3 Å². The van der Waals surface area contributed by atoms with Gasteiger partial charge in [-0.3, -0.25) is 9.88 Å². The Morgan fingerprint density at radius 1 is 1.06 bits per heavy atom. The number of benzene rings is 1. The third-order valence-electron chi connectivity index (χ3n) is 6.32. The number of piperidine rings is 1. The standard InChI is InChI=1S/C25H26Cl2N4OS/c26-18-4-6-19(7-5-18)29-25(32)30-22-11-12-31(15-20(22)23-9-10-24(27)33-23)14-16-1-8-21(28-13-16)17-2-3-17/h1,4-10,13,17,20,22H,2-3,11-12,14-15H2,(H2,29,30,32). The summed E-state index contributed by atoms with van der Waals surface area (Å²) >= 11 is 13.8. The maximum Gasteiger partial charge on any atom is 0.319 e. The Hall–Kier alpha value is -2.12. The van der Waals surface area contributed by atoms with Crippen LogP contribution < -0.4 is 10.6 Å². The molecule has 1 saturated heterocycles. The van der Waals surface area contributed by atoms with E-state index < -0.39 is 0 Å². The summed E-state index contributed by atoms with van der Waals surface area (Å²) in [6.07, 6.45) is 5.42. The molecule has 33 heavy (non-hydrogen) atoms. The van der Waals surface area contributed by atoms with Crippen molar-refractivity contribution in [2.75, 3.05) is 18.4 Å². The molecule has 3 aromatic rings. The highest BCUT2D eigenvalue weighted by atomic mass is 35.5. The predicted octanol–water partition coefficient (Wildman–Crippen LogP) is 6.51. The molecule has 1 aliphatic heterocycles. The van der Waals surface area contributed by atoms with Crippen molar-refractivity contribution in [1.29, 1.82) is 0 Å². The fraction of sp³-hybridized carbons (Fsp3) is 0.360. The summed E-state index contributed by atoms with van der Waals surface area (Å²) in [5.41, 5.74) is 3.17. The van der Waals surface area contributed by atoms with E-state index in [1.54, 1.807) is 35.6 Å². The van der Waals surface area contributed by atoms with Crippen molar-refractivity contribution in [2.45, 2.75) is 43.7 Å². The minimum absolute atomic E-state index is 0.0265. The third-order valence-corrected chi connectivity index (χ3v) is 7.94. The summed E-state index contributed by atoms with van der Waals surface area (Å²) in [6.45, 7) is 2.62. The van der Waals surface area contributed by atoms with Crippen LogP contribution in [-0.2, 0) is 6.54 Å². The first kappa shape index (κ1) is 22.7. The van der Waals surface area contributed by atoms with Crippen molar-refractivity contribution >= 4 is 46.3 Å². The number of aromatic nitrogens is 1. The topological polar surface area (TPSA) is 57.3 Å². The molecule has 0 bridgehead atoms. The maximum absolute atomic E-state index is 12.7. The van der Waals surface area contributed by atoms with Gasteiger partial charge in [0.15, 0.2) is 0 Å². The molecule has 1 aliphatic carbocycles. The number of carbonyl (C=O) groups excluding carboxylic acids is 1. The Labute approximate surface area is 208 Å². The van der Waals surface area contributed by atoms with Crippen molar-refractivity contribution in [3.8, 4) is 0 Å². The minimum atomic E-state index is -0.205.